The first-order valence-electron chi connectivity index (χ1n) is 7.90. The van der Waals surface area contributed by atoms with Crippen LogP contribution in [0.15, 0.2) is 48.5 Å². The van der Waals surface area contributed by atoms with E-state index >= 15 is 0 Å². The number of nitrogens with one attached hydrogen (secondary N) is 1. The van der Waals surface area contributed by atoms with Gasteiger partial charge in [-0.25, -0.2) is 0 Å². The number of ether oxygens (including phenoxy) is 2. The third kappa shape index (κ3) is 3.34. The Morgan fingerprint density at radius 2 is 1.87 bits per heavy atom. The zero-order valence-electron chi connectivity index (χ0n) is 14.1. The van der Waals surface area contributed by atoms with E-state index in [-0.39, 0.29) is 11.6 Å². The van der Waals surface area contributed by atoms with Gasteiger partial charge in [0, 0.05) is 22.9 Å². The van der Waals surface area contributed by atoms with Gasteiger partial charge in [0.2, 0.25) is 0 Å². The van der Waals surface area contributed by atoms with Crippen LogP contribution in [0.3, 0.4) is 0 Å². The van der Waals surface area contributed by atoms with Crippen molar-refractivity contribution in [3.63, 3.8) is 0 Å². The van der Waals surface area contributed by atoms with Crippen LogP contribution in [0.4, 0.5) is 5.69 Å². The van der Waals surface area contributed by atoms with Crippen molar-refractivity contribution >= 4 is 11.8 Å². The molecular formula is C20H23NO2. The van der Waals surface area contributed by atoms with Crippen LogP contribution >= 0.6 is 0 Å². The van der Waals surface area contributed by atoms with Crippen LogP contribution in [0.5, 0.6) is 11.5 Å². The highest BCUT2D eigenvalue weighted by molar-refractivity contribution is 5.65. The lowest BCUT2D eigenvalue weighted by Gasteiger charge is -2.29. The molecule has 3 nitrogen and oxygen atoms in total. The molecule has 120 valence electrons. The summed E-state index contributed by atoms with van der Waals surface area (Å²) in [5, 5.41) is 3.51. The average molecular weight is 309 g/mol. The minimum absolute atomic E-state index is 0.126. The predicted octanol–water partition coefficient (Wildman–Crippen LogP) is 5.05. The molecule has 2 aromatic carbocycles. The molecule has 23 heavy (non-hydrogen) atoms. The molecule has 0 bridgehead atoms. The summed E-state index contributed by atoms with van der Waals surface area (Å²) in [7, 11) is 1.70. The van der Waals surface area contributed by atoms with Crippen molar-refractivity contribution in [1.29, 1.82) is 0 Å². The van der Waals surface area contributed by atoms with Crippen molar-refractivity contribution < 1.29 is 9.47 Å². The van der Waals surface area contributed by atoms with Gasteiger partial charge in [-0.05, 0) is 45.0 Å². The molecule has 0 saturated carbocycles. The monoisotopic (exact) mass is 309 g/mol. The molecule has 0 fully saturated rings. The molecule has 0 unspecified atom stereocenters. The van der Waals surface area contributed by atoms with Crippen LogP contribution in [0.25, 0.3) is 6.08 Å². The molecule has 0 saturated heterocycles. The lowest BCUT2D eigenvalue weighted by Crippen LogP contribution is -2.27. The maximum Gasteiger partial charge on any atom is 0.131 e. The molecule has 3 heteroatoms. The molecule has 0 aromatic heterocycles. The number of hydrogen-bond donors (Lipinski definition) is 1. The number of anilines is 1. The minimum Gasteiger partial charge on any atom is -0.496 e. The molecule has 1 atom stereocenters. The van der Waals surface area contributed by atoms with Gasteiger partial charge in [0.25, 0.3) is 0 Å². The Morgan fingerprint density at radius 3 is 2.57 bits per heavy atom. The van der Waals surface area contributed by atoms with Crippen molar-refractivity contribution in [1.82, 2.24) is 0 Å². The van der Waals surface area contributed by atoms with E-state index in [1.165, 1.54) is 0 Å². The Labute approximate surface area is 137 Å². The number of rotatable bonds is 4. The normalized spacial score (nSPS) is 16.2. The van der Waals surface area contributed by atoms with Gasteiger partial charge >= 0.3 is 0 Å². The van der Waals surface area contributed by atoms with Gasteiger partial charge in [0.15, 0.2) is 0 Å². The molecule has 1 N–H and O–H groups in total. The SMILES string of the molecule is COc1cc2c(cc1[C@@H](C)Nc1ccccc1)C=CC(C)(C)O2. The van der Waals surface area contributed by atoms with Gasteiger partial charge in [-0.1, -0.05) is 24.3 Å². The fourth-order valence-electron chi connectivity index (χ4n) is 2.80. The second-order valence-electron chi connectivity index (χ2n) is 6.40. The Kier molecular flexibility index (Phi) is 4.03. The number of methoxy groups -OCH3 is 1. The first-order valence-corrected chi connectivity index (χ1v) is 7.90. The maximum atomic E-state index is 6.03. The zero-order chi connectivity index (χ0) is 16.4. The lowest BCUT2D eigenvalue weighted by atomic mass is 9.97. The van der Waals surface area contributed by atoms with Crippen molar-refractivity contribution in [3.05, 3.63) is 59.7 Å². The van der Waals surface area contributed by atoms with Crippen LogP contribution in [-0.4, -0.2) is 12.7 Å². The van der Waals surface area contributed by atoms with Gasteiger partial charge in [-0.15, -0.1) is 0 Å². The van der Waals surface area contributed by atoms with Crippen molar-refractivity contribution in [2.24, 2.45) is 0 Å². The van der Waals surface area contributed by atoms with E-state index in [4.69, 9.17) is 9.47 Å². The summed E-state index contributed by atoms with van der Waals surface area (Å²) in [5.74, 6) is 1.70. The number of benzene rings is 2. The van der Waals surface area contributed by atoms with E-state index < -0.39 is 0 Å². The van der Waals surface area contributed by atoms with Crippen LogP contribution in [0.2, 0.25) is 0 Å². The topological polar surface area (TPSA) is 30.5 Å². The van der Waals surface area contributed by atoms with Crippen molar-refractivity contribution in [2.45, 2.75) is 32.4 Å². The molecule has 1 heterocycles. The predicted molar refractivity (Wildman–Crippen MR) is 95.2 cm³/mol. The van der Waals surface area contributed by atoms with Crippen LogP contribution in [0.1, 0.15) is 37.9 Å². The van der Waals surface area contributed by atoms with Gasteiger partial charge in [0.05, 0.1) is 13.2 Å². The number of fused-ring (bicyclic) bond motifs is 1. The van der Waals surface area contributed by atoms with Crippen molar-refractivity contribution in [2.75, 3.05) is 12.4 Å². The third-order valence-electron chi connectivity index (χ3n) is 4.02. The molecule has 1 aliphatic heterocycles. The second-order valence-corrected chi connectivity index (χ2v) is 6.40. The molecule has 0 aliphatic carbocycles. The van der Waals surface area contributed by atoms with E-state index in [2.05, 4.69) is 42.6 Å². The summed E-state index contributed by atoms with van der Waals surface area (Å²) < 4.78 is 11.6. The Bertz CT molecular complexity index is 720. The molecule has 1 aliphatic rings. The summed E-state index contributed by atoms with van der Waals surface area (Å²) in [6.07, 6.45) is 4.21. The lowest BCUT2D eigenvalue weighted by molar-refractivity contribution is 0.158. The average Bonchev–Trinajstić information content (AvgIpc) is 2.53. The maximum absolute atomic E-state index is 6.03. The molecular weight excluding hydrogens is 286 g/mol. The van der Waals surface area contributed by atoms with E-state index in [0.717, 1.165) is 28.3 Å². The molecule has 0 amide bonds. The number of hydrogen-bond acceptors (Lipinski definition) is 3. The van der Waals surface area contributed by atoms with Crippen LogP contribution in [-0.2, 0) is 0 Å². The van der Waals surface area contributed by atoms with Crippen LogP contribution < -0.4 is 14.8 Å². The largest absolute Gasteiger partial charge is 0.496 e. The molecule has 3 rings (SSSR count). The summed E-state index contributed by atoms with van der Waals surface area (Å²) in [5.41, 5.74) is 3.01. The molecule has 0 spiro atoms. The first kappa shape index (κ1) is 15.5. The van der Waals surface area contributed by atoms with Crippen molar-refractivity contribution in [3.8, 4) is 11.5 Å². The molecule has 2 aromatic rings. The standard InChI is InChI=1S/C20H23NO2/c1-14(21-16-8-6-5-7-9-16)17-12-15-10-11-20(2,3)23-18(15)13-19(17)22-4/h5-14,21H,1-4H3/t14-/m1/s1. The van der Waals surface area contributed by atoms with Gasteiger partial charge in [-0.2, -0.15) is 0 Å². The van der Waals surface area contributed by atoms with Gasteiger partial charge in [-0.3, -0.25) is 0 Å². The highest BCUT2D eigenvalue weighted by atomic mass is 16.5. The molecule has 0 radical (unpaired) electrons. The smallest absolute Gasteiger partial charge is 0.131 e. The Morgan fingerprint density at radius 1 is 1.13 bits per heavy atom. The second kappa shape index (κ2) is 5.99. The Balaban J connectivity index is 1.93. The Hall–Kier alpha value is -2.42. The fourth-order valence-corrected chi connectivity index (χ4v) is 2.80. The highest BCUT2D eigenvalue weighted by Crippen LogP contribution is 2.38. The van der Waals surface area contributed by atoms with Crippen LogP contribution in [0, 0.1) is 0 Å². The quantitative estimate of drug-likeness (QED) is 0.857. The number of para-hydroxylation sites is 1. The summed E-state index contributed by atoms with van der Waals surface area (Å²) >= 11 is 0. The van der Waals surface area contributed by atoms with Gasteiger partial charge < -0.3 is 14.8 Å². The highest BCUT2D eigenvalue weighted by Gasteiger charge is 2.24. The van der Waals surface area contributed by atoms with E-state index in [0.29, 0.717) is 0 Å². The summed E-state index contributed by atoms with van der Waals surface area (Å²) in [6, 6.07) is 14.4. The summed E-state index contributed by atoms with van der Waals surface area (Å²) in [4.78, 5) is 0. The van der Waals surface area contributed by atoms with E-state index in [1.54, 1.807) is 7.11 Å². The van der Waals surface area contributed by atoms with E-state index in [9.17, 15) is 0 Å². The first-order chi connectivity index (χ1) is 11.0. The fraction of sp³-hybridized carbons (Fsp3) is 0.300. The minimum atomic E-state index is -0.284. The third-order valence-corrected chi connectivity index (χ3v) is 4.02. The van der Waals surface area contributed by atoms with Gasteiger partial charge in [0.1, 0.15) is 17.1 Å². The summed E-state index contributed by atoms with van der Waals surface area (Å²) in [6.45, 7) is 6.23. The zero-order valence-corrected chi connectivity index (χ0v) is 14.1. The van der Waals surface area contributed by atoms with E-state index in [1.807, 2.05) is 38.1 Å².